The Hall–Kier alpha value is -2.09. The van der Waals surface area contributed by atoms with Crippen LogP contribution in [-0.4, -0.2) is 43.1 Å². The number of nitrogens with one attached hydrogen (secondary N) is 1. The van der Waals surface area contributed by atoms with Gasteiger partial charge in [-0.2, -0.15) is 0 Å². The van der Waals surface area contributed by atoms with Crippen molar-refractivity contribution in [3.8, 4) is 11.5 Å². The molecule has 2 aliphatic heterocycles. The summed E-state index contributed by atoms with van der Waals surface area (Å²) in [6, 6.07) is 6.23. The molecular weight excluding hydrogens is 356 g/mol. The number of hydrogen-bond acceptors (Lipinski definition) is 7. The van der Waals surface area contributed by atoms with Crippen LogP contribution >= 0.6 is 12.4 Å². The quantitative estimate of drug-likeness (QED) is 0.856. The monoisotopic (exact) mass is 378 g/mol. The third kappa shape index (κ3) is 4.17. The van der Waals surface area contributed by atoms with Crippen LogP contribution in [0.5, 0.6) is 11.5 Å². The van der Waals surface area contributed by atoms with Crippen LogP contribution in [0.15, 0.2) is 30.6 Å². The molecule has 0 saturated carbocycles. The largest absolute Gasteiger partial charge is 0.454 e. The van der Waals surface area contributed by atoms with E-state index >= 15 is 0 Å². The number of fused-ring (bicyclic) bond motifs is 1. The Balaban J connectivity index is 0.00000196. The molecule has 8 heteroatoms. The van der Waals surface area contributed by atoms with Crippen molar-refractivity contribution in [2.24, 2.45) is 0 Å². The Morgan fingerprint density at radius 2 is 1.85 bits per heavy atom. The predicted molar refractivity (Wildman–Crippen MR) is 100 cm³/mol. The molecule has 1 unspecified atom stereocenters. The summed E-state index contributed by atoms with van der Waals surface area (Å²) in [6.45, 7) is 6.30. The van der Waals surface area contributed by atoms with Crippen molar-refractivity contribution in [3.63, 3.8) is 0 Å². The summed E-state index contributed by atoms with van der Waals surface area (Å²) in [7, 11) is 0. The molecule has 1 aromatic carbocycles. The third-order valence-corrected chi connectivity index (χ3v) is 4.49. The fourth-order valence-corrected chi connectivity index (χ4v) is 2.94. The Kier molecular flexibility index (Phi) is 6.13. The van der Waals surface area contributed by atoms with E-state index in [1.54, 1.807) is 0 Å². The van der Waals surface area contributed by atoms with Crippen molar-refractivity contribution in [1.82, 2.24) is 15.3 Å². The minimum atomic E-state index is 0. The lowest BCUT2D eigenvalue weighted by Crippen LogP contribution is -2.37. The zero-order chi connectivity index (χ0) is 17.1. The van der Waals surface area contributed by atoms with Gasteiger partial charge in [-0.1, -0.05) is 6.07 Å². The van der Waals surface area contributed by atoms with Gasteiger partial charge in [-0.25, -0.2) is 9.97 Å². The molecule has 1 N–H and O–H groups in total. The smallest absolute Gasteiger partial charge is 0.231 e. The molecule has 0 bridgehead atoms. The molecule has 4 rings (SSSR count). The van der Waals surface area contributed by atoms with Gasteiger partial charge in [-0.05, 0) is 24.6 Å². The lowest BCUT2D eigenvalue weighted by Gasteiger charge is -2.26. The number of halogens is 1. The van der Waals surface area contributed by atoms with Crippen LogP contribution in [-0.2, 0) is 11.3 Å². The minimum absolute atomic E-state index is 0. The molecule has 0 spiro atoms. The van der Waals surface area contributed by atoms with E-state index in [-0.39, 0.29) is 18.4 Å². The van der Waals surface area contributed by atoms with Crippen LogP contribution in [0.1, 0.15) is 24.1 Å². The molecule has 1 aromatic heterocycles. The molecular formula is C18H23ClN4O3. The van der Waals surface area contributed by atoms with Gasteiger partial charge in [-0.15, -0.1) is 12.4 Å². The molecule has 26 heavy (non-hydrogen) atoms. The number of ether oxygens (including phenoxy) is 3. The minimum Gasteiger partial charge on any atom is -0.454 e. The normalized spacial score (nSPS) is 16.9. The van der Waals surface area contributed by atoms with E-state index in [1.165, 1.54) is 0 Å². The summed E-state index contributed by atoms with van der Waals surface area (Å²) in [5.41, 5.74) is 2.22. The van der Waals surface area contributed by atoms with Gasteiger partial charge in [0.05, 0.1) is 13.2 Å². The zero-order valence-electron chi connectivity index (χ0n) is 14.7. The molecule has 1 saturated heterocycles. The lowest BCUT2D eigenvalue weighted by molar-refractivity contribution is 0.122. The fourth-order valence-electron chi connectivity index (χ4n) is 2.94. The Morgan fingerprint density at radius 1 is 1.12 bits per heavy atom. The van der Waals surface area contributed by atoms with Crippen LogP contribution < -0.4 is 19.7 Å². The number of morpholine rings is 1. The van der Waals surface area contributed by atoms with Gasteiger partial charge in [0.15, 0.2) is 11.5 Å². The number of rotatable bonds is 5. The average molecular weight is 379 g/mol. The number of hydrogen-bond donors (Lipinski definition) is 1. The molecule has 0 aliphatic carbocycles. The van der Waals surface area contributed by atoms with E-state index in [1.807, 2.05) is 24.5 Å². The van der Waals surface area contributed by atoms with E-state index in [0.717, 1.165) is 54.9 Å². The highest BCUT2D eigenvalue weighted by molar-refractivity contribution is 5.85. The zero-order valence-corrected chi connectivity index (χ0v) is 15.5. The van der Waals surface area contributed by atoms with Crippen molar-refractivity contribution in [2.45, 2.75) is 19.5 Å². The molecule has 1 atom stereocenters. The second-order valence-electron chi connectivity index (χ2n) is 6.21. The number of aromatic nitrogens is 2. The molecule has 0 radical (unpaired) electrons. The summed E-state index contributed by atoms with van der Waals surface area (Å²) in [5, 5.41) is 3.50. The third-order valence-electron chi connectivity index (χ3n) is 4.49. The Morgan fingerprint density at radius 3 is 2.62 bits per heavy atom. The summed E-state index contributed by atoms with van der Waals surface area (Å²) in [4.78, 5) is 11.1. The van der Waals surface area contributed by atoms with Gasteiger partial charge in [0.25, 0.3) is 0 Å². The van der Waals surface area contributed by atoms with Crippen molar-refractivity contribution in [3.05, 3.63) is 41.7 Å². The van der Waals surface area contributed by atoms with Crippen LogP contribution in [0, 0.1) is 0 Å². The average Bonchev–Trinajstić information content (AvgIpc) is 3.15. The molecule has 1 fully saturated rings. The number of anilines is 1. The Labute approximate surface area is 159 Å². The summed E-state index contributed by atoms with van der Waals surface area (Å²) < 4.78 is 16.1. The van der Waals surface area contributed by atoms with Gasteiger partial charge in [0, 0.05) is 43.6 Å². The van der Waals surface area contributed by atoms with Gasteiger partial charge < -0.3 is 24.4 Å². The van der Waals surface area contributed by atoms with Crippen molar-refractivity contribution >= 4 is 18.4 Å². The number of benzene rings is 1. The van der Waals surface area contributed by atoms with E-state index in [0.29, 0.717) is 13.3 Å². The first-order valence-corrected chi connectivity index (χ1v) is 8.56. The molecule has 2 aromatic rings. The van der Waals surface area contributed by atoms with Gasteiger partial charge in [0.1, 0.15) is 0 Å². The topological polar surface area (TPSA) is 68.7 Å². The lowest BCUT2D eigenvalue weighted by atomic mass is 10.1. The molecule has 0 amide bonds. The number of nitrogens with zero attached hydrogens (tertiary/aromatic N) is 3. The van der Waals surface area contributed by atoms with Crippen molar-refractivity contribution < 1.29 is 14.2 Å². The van der Waals surface area contributed by atoms with Crippen LogP contribution in [0.3, 0.4) is 0 Å². The summed E-state index contributed by atoms with van der Waals surface area (Å²) in [6.07, 6.45) is 3.77. The van der Waals surface area contributed by atoms with Gasteiger partial charge in [-0.3, -0.25) is 0 Å². The highest BCUT2D eigenvalue weighted by Gasteiger charge is 2.16. The highest BCUT2D eigenvalue weighted by Crippen LogP contribution is 2.34. The van der Waals surface area contributed by atoms with E-state index in [9.17, 15) is 0 Å². The first-order chi connectivity index (χ1) is 12.3. The second-order valence-corrected chi connectivity index (χ2v) is 6.21. The second kappa shape index (κ2) is 8.53. The molecule has 7 nitrogen and oxygen atoms in total. The van der Waals surface area contributed by atoms with E-state index in [4.69, 9.17) is 14.2 Å². The maximum atomic E-state index is 5.44. The predicted octanol–water partition coefficient (Wildman–Crippen LogP) is 2.31. The first-order valence-electron chi connectivity index (χ1n) is 8.56. The fraction of sp³-hybridized carbons (Fsp3) is 0.444. The summed E-state index contributed by atoms with van der Waals surface area (Å²) >= 11 is 0. The maximum Gasteiger partial charge on any atom is 0.231 e. The van der Waals surface area contributed by atoms with E-state index in [2.05, 4.69) is 33.2 Å². The van der Waals surface area contributed by atoms with Crippen LogP contribution in [0.25, 0.3) is 0 Å². The van der Waals surface area contributed by atoms with Gasteiger partial charge in [0.2, 0.25) is 12.7 Å². The summed E-state index contributed by atoms with van der Waals surface area (Å²) in [5.74, 6) is 2.39. The Bertz CT molecular complexity index is 723. The van der Waals surface area contributed by atoms with Gasteiger partial charge >= 0.3 is 0 Å². The highest BCUT2D eigenvalue weighted by atomic mass is 35.5. The maximum absolute atomic E-state index is 5.44. The van der Waals surface area contributed by atoms with Crippen molar-refractivity contribution in [2.75, 3.05) is 38.0 Å². The van der Waals surface area contributed by atoms with Crippen molar-refractivity contribution in [1.29, 1.82) is 0 Å². The molecule has 140 valence electrons. The SMILES string of the molecule is CC(NCc1cnc(N2CCOCC2)nc1)c1ccc2c(c1)OCO2.Cl. The first kappa shape index (κ1) is 18.7. The molecule has 2 aliphatic rings. The standard InChI is InChI=1S/C18H22N4O3.ClH/c1-13(15-2-3-16-17(8-15)25-12-24-16)19-9-14-10-20-18(21-11-14)22-4-6-23-7-5-22;/h2-3,8,10-11,13,19H,4-7,9,12H2,1H3;1H. The van der Waals surface area contributed by atoms with E-state index < -0.39 is 0 Å². The molecule has 3 heterocycles. The van der Waals surface area contributed by atoms with Crippen LogP contribution in [0.4, 0.5) is 5.95 Å². The van der Waals surface area contributed by atoms with Crippen LogP contribution in [0.2, 0.25) is 0 Å².